The Morgan fingerprint density at radius 3 is 2.74 bits per heavy atom. The SMILES string of the molecule is CCNC(=NCCC(=O)Nc1ccc(C)cc1Cl)N1CCCC1. The van der Waals surface area contributed by atoms with Gasteiger partial charge in [-0.15, -0.1) is 0 Å². The minimum absolute atomic E-state index is 0.0724. The first-order valence-electron chi connectivity index (χ1n) is 8.19. The molecule has 2 N–H and O–H groups in total. The van der Waals surface area contributed by atoms with Gasteiger partial charge in [-0.3, -0.25) is 9.79 Å². The largest absolute Gasteiger partial charge is 0.357 e. The Bertz CT molecular complexity index is 568. The smallest absolute Gasteiger partial charge is 0.226 e. The van der Waals surface area contributed by atoms with Crippen LogP contribution in [0.2, 0.25) is 5.02 Å². The van der Waals surface area contributed by atoms with Gasteiger partial charge in [-0.1, -0.05) is 17.7 Å². The van der Waals surface area contributed by atoms with E-state index >= 15 is 0 Å². The van der Waals surface area contributed by atoms with E-state index in [1.54, 1.807) is 0 Å². The number of guanidine groups is 1. The molecule has 1 aromatic carbocycles. The van der Waals surface area contributed by atoms with Crippen molar-refractivity contribution in [3.05, 3.63) is 28.8 Å². The molecule has 0 spiro atoms. The summed E-state index contributed by atoms with van der Waals surface area (Å²) >= 11 is 6.13. The standard InChI is InChI=1S/C17H25ClN4O/c1-3-19-17(22-10-4-5-11-22)20-9-8-16(23)21-15-7-6-13(2)12-14(15)18/h6-7,12H,3-5,8-11H2,1-2H3,(H,19,20)(H,21,23). The van der Waals surface area contributed by atoms with Gasteiger partial charge in [0.05, 0.1) is 17.3 Å². The first-order chi connectivity index (χ1) is 11.1. The molecule has 2 rings (SSSR count). The Balaban J connectivity index is 1.86. The second-order valence-corrected chi connectivity index (χ2v) is 6.12. The first-order valence-corrected chi connectivity index (χ1v) is 8.57. The maximum Gasteiger partial charge on any atom is 0.226 e. The number of hydrogen-bond donors (Lipinski definition) is 2. The Morgan fingerprint density at radius 1 is 1.35 bits per heavy atom. The van der Waals surface area contributed by atoms with Gasteiger partial charge in [0.1, 0.15) is 0 Å². The number of nitrogens with zero attached hydrogens (tertiary/aromatic N) is 2. The van der Waals surface area contributed by atoms with Gasteiger partial charge in [-0.2, -0.15) is 0 Å². The molecule has 0 atom stereocenters. The molecule has 23 heavy (non-hydrogen) atoms. The molecule has 1 amide bonds. The zero-order valence-corrected chi connectivity index (χ0v) is 14.6. The number of likely N-dealkylation sites (tertiary alicyclic amines) is 1. The molecule has 5 nitrogen and oxygen atoms in total. The van der Waals surface area contributed by atoms with Gasteiger partial charge in [-0.05, 0) is 44.4 Å². The van der Waals surface area contributed by atoms with E-state index in [0.29, 0.717) is 23.7 Å². The molecule has 1 aliphatic rings. The highest BCUT2D eigenvalue weighted by atomic mass is 35.5. The van der Waals surface area contributed by atoms with Crippen LogP contribution in [0.4, 0.5) is 5.69 Å². The van der Waals surface area contributed by atoms with Crippen LogP contribution in [-0.4, -0.2) is 42.9 Å². The van der Waals surface area contributed by atoms with Crippen LogP contribution in [0.25, 0.3) is 0 Å². The fourth-order valence-corrected chi connectivity index (χ4v) is 2.83. The molecule has 1 aromatic rings. The van der Waals surface area contributed by atoms with Crippen molar-refractivity contribution >= 4 is 29.2 Å². The molecule has 0 unspecified atom stereocenters. The van der Waals surface area contributed by atoms with Crippen molar-refractivity contribution in [2.24, 2.45) is 4.99 Å². The number of halogens is 1. The van der Waals surface area contributed by atoms with Crippen LogP contribution in [0, 0.1) is 6.92 Å². The minimum atomic E-state index is -0.0724. The average molecular weight is 337 g/mol. The lowest BCUT2D eigenvalue weighted by Crippen LogP contribution is -2.39. The summed E-state index contributed by atoms with van der Waals surface area (Å²) in [4.78, 5) is 18.8. The van der Waals surface area contributed by atoms with Crippen molar-refractivity contribution in [2.75, 3.05) is 31.5 Å². The number of carbonyl (C=O) groups excluding carboxylic acids is 1. The van der Waals surface area contributed by atoms with Gasteiger partial charge in [0.2, 0.25) is 5.91 Å². The summed E-state index contributed by atoms with van der Waals surface area (Å²) < 4.78 is 0. The van der Waals surface area contributed by atoms with E-state index in [1.807, 2.05) is 25.1 Å². The van der Waals surface area contributed by atoms with Crippen LogP contribution < -0.4 is 10.6 Å². The van der Waals surface area contributed by atoms with Gasteiger partial charge in [-0.25, -0.2) is 0 Å². The number of hydrogen-bond acceptors (Lipinski definition) is 2. The highest BCUT2D eigenvalue weighted by molar-refractivity contribution is 6.33. The maximum absolute atomic E-state index is 12.0. The van der Waals surface area contributed by atoms with Gasteiger partial charge in [0, 0.05) is 26.1 Å². The number of aryl methyl sites for hydroxylation is 1. The molecule has 1 fully saturated rings. The second kappa shape index (κ2) is 8.77. The lowest BCUT2D eigenvalue weighted by molar-refractivity contribution is -0.116. The Labute approximate surface area is 143 Å². The summed E-state index contributed by atoms with van der Waals surface area (Å²) in [7, 11) is 0. The minimum Gasteiger partial charge on any atom is -0.357 e. The molecule has 6 heteroatoms. The third-order valence-electron chi connectivity index (χ3n) is 3.74. The molecule has 0 radical (unpaired) electrons. The number of anilines is 1. The molecule has 126 valence electrons. The molecule has 0 aromatic heterocycles. The normalized spacial score (nSPS) is 14.9. The first kappa shape index (κ1) is 17.6. The number of carbonyl (C=O) groups is 1. The van der Waals surface area contributed by atoms with E-state index in [-0.39, 0.29) is 5.91 Å². The van der Waals surface area contributed by atoms with Gasteiger partial charge in [0.15, 0.2) is 5.96 Å². The molecule has 0 aliphatic carbocycles. The third-order valence-corrected chi connectivity index (χ3v) is 4.05. The van der Waals surface area contributed by atoms with E-state index in [1.165, 1.54) is 12.8 Å². The molecular weight excluding hydrogens is 312 g/mol. The van der Waals surface area contributed by atoms with E-state index < -0.39 is 0 Å². The van der Waals surface area contributed by atoms with Crippen LogP contribution in [0.5, 0.6) is 0 Å². The second-order valence-electron chi connectivity index (χ2n) is 5.71. The fourth-order valence-electron chi connectivity index (χ4n) is 2.55. The van der Waals surface area contributed by atoms with Crippen molar-refractivity contribution in [2.45, 2.75) is 33.1 Å². The van der Waals surface area contributed by atoms with Gasteiger partial charge >= 0.3 is 0 Å². The highest BCUT2D eigenvalue weighted by Crippen LogP contribution is 2.22. The molecule has 1 heterocycles. The molecule has 0 saturated carbocycles. The molecular formula is C17H25ClN4O. The number of nitrogens with one attached hydrogen (secondary N) is 2. The van der Waals surface area contributed by atoms with Crippen LogP contribution in [0.3, 0.4) is 0 Å². The van der Waals surface area contributed by atoms with E-state index in [9.17, 15) is 4.79 Å². The van der Waals surface area contributed by atoms with Crippen molar-refractivity contribution in [3.63, 3.8) is 0 Å². The fraction of sp³-hybridized carbons (Fsp3) is 0.529. The summed E-state index contributed by atoms with van der Waals surface area (Å²) in [6.07, 6.45) is 2.75. The quantitative estimate of drug-likeness (QED) is 0.642. The summed E-state index contributed by atoms with van der Waals surface area (Å²) in [6.45, 7) is 7.40. The van der Waals surface area contributed by atoms with Crippen molar-refractivity contribution in [1.29, 1.82) is 0 Å². The van der Waals surface area contributed by atoms with E-state index in [4.69, 9.17) is 11.6 Å². The number of rotatable bonds is 5. The summed E-state index contributed by atoms with van der Waals surface area (Å²) in [5, 5.41) is 6.69. The molecule has 1 saturated heterocycles. The third kappa shape index (κ3) is 5.43. The highest BCUT2D eigenvalue weighted by Gasteiger charge is 2.15. The van der Waals surface area contributed by atoms with Crippen molar-refractivity contribution < 1.29 is 4.79 Å². The number of amides is 1. The maximum atomic E-state index is 12.0. The van der Waals surface area contributed by atoms with Crippen LogP contribution in [0.1, 0.15) is 31.7 Å². The number of benzene rings is 1. The monoisotopic (exact) mass is 336 g/mol. The van der Waals surface area contributed by atoms with E-state index in [2.05, 4.69) is 27.4 Å². The lowest BCUT2D eigenvalue weighted by atomic mass is 10.2. The Hall–Kier alpha value is -1.75. The zero-order chi connectivity index (χ0) is 16.7. The topological polar surface area (TPSA) is 56.7 Å². The van der Waals surface area contributed by atoms with Crippen LogP contribution in [-0.2, 0) is 4.79 Å². The Morgan fingerprint density at radius 2 is 2.09 bits per heavy atom. The van der Waals surface area contributed by atoms with Gasteiger partial charge in [0.25, 0.3) is 0 Å². The molecule has 0 bridgehead atoms. The summed E-state index contributed by atoms with van der Waals surface area (Å²) in [6, 6.07) is 5.59. The van der Waals surface area contributed by atoms with Crippen LogP contribution >= 0.6 is 11.6 Å². The van der Waals surface area contributed by atoms with Gasteiger partial charge < -0.3 is 15.5 Å². The predicted molar refractivity (Wildman–Crippen MR) is 96.2 cm³/mol. The summed E-state index contributed by atoms with van der Waals surface area (Å²) in [5.74, 6) is 0.836. The van der Waals surface area contributed by atoms with Crippen molar-refractivity contribution in [3.8, 4) is 0 Å². The number of aliphatic imine (C=N–C) groups is 1. The van der Waals surface area contributed by atoms with E-state index in [0.717, 1.165) is 31.2 Å². The average Bonchev–Trinajstić information content (AvgIpc) is 3.03. The predicted octanol–water partition coefficient (Wildman–Crippen LogP) is 3.04. The van der Waals surface area contributed by atoms with Crippen LogP contribution in [0.15, 0.2) is 23.2 Å². The zero-order valence-electron chi connectivity index (χ0n) is 13.9. The molecule has 1 aliphatic heterocycles. The lowest BCUT2D eigenvalue weighted by Gasteiger charge is -2.20. The Kier molecular flexibility index (Phi) is 6.71. The summed E-state index contributed by atoms with van der Waals surface area (Å²) in [5.41, 5.74) is 1.72. The van der Waals surface area contributed by atoms with Crippen molar-refractivity contribution in [1.82, 2.24) is 10.2 Å².